The zero-order valence-electron chi connectivity index (χ0n) is 15.8. The van der Waals surface area contributed by atoms with Gasteiger partial charge in [-0.25, -0.2) is 0 Å². The summed E-state index contributed by atoms with van der Waals surface area (Å²) in [4.78, 5) is 2.74. The van der Waals surface area contributed by atoms with Gasteiger partial charge in [-0.1, -0.05) is 42.3 Å². The van der Waals surface area contributed by atoms with Gasteiger partial charge in [0.1, 0.15) is 11.4 Å². The fourth-order valence-electron chi connectivity index (χ4n) is 4.94. The SMILES string of the molecule is Cc1ccc(-c2ccc3c(c2)CC2(CCCN(C4CCC4)CC2)O3)cc1. The van der Waals surface area contributed by atoms with Gasteiger partial charge in [-0.15, -0.1) is 0 Å². The molecule has 0 amide bonds. The Labute approximate surface area is 157 Å². The molecule has 26 heavy (non-hydrogen) atoms. The lowest BCUT2D eigenvalue weighted by Gasteiger charge is -2.37. The van der Waals surface area contributed by atoms with Crippen molar-refractivity contribution >= 4 is 0 Å². The van der Waals surface area contributed by atoms with E-state index in [1.54, 1.807) is 0 Å². The normalized spacial score (nSPS) is 26.2. The molecule has 0 N–H and O–H groups in total. The molecule has 2 heterocycles. The quantitative estimate of drug-likeness (QED) is 0.724. The molecule has 3 aliphatic rings. The molecule has 1 unspecified atom stereocenters. The first-order valence-corrected chi connectivity index (χ1v) is 10.3. The molecule has 0 radical (unpaired) electrons. The first-order valence-electron chi connectivity index (χ1n) is 10.3. The summed E-state index contributed by atoms with van der Waals surface area (Å²) in [6.45, 7) is 4.62. The summed E-state index contributed by atoms with van der Waals surface area (Å²) in [6.07, 6.45) is 8.98. The fourth-order valence-corrected chi connectivity index (χ4v) is 4.94. The predicted molar refractivity (Wildman–Crippen MR) is 107 cm³/mol. The third-order valence-electron chi connectivity index (χ3n) is 6.81. The molecule has 2 aliphatic heterocycles. The molecule has 1 spiro atoms. The summed E-state index contributed by atoms with van der Waals surface area (Å²) in [6, 6.07) is 16.5. The van der Waals surface area contributed by atoms with Crippen LogP contribution in [0.25, 0.3) is 11.1 Å². The number of hydrogen-bond acceptors (Lipinski definition) is 2. The third-order valence-corrected chi connectivity index (χ3v) is 6.81. The summed E-state index contributed by atoms with van der Waals surface area (Å²) < 4.78 is 6.58. The Morgan fingerprint density at radius 1 is 0.923 bits per heavy atom. The van der Waals surface area contributed by atoms with Gasteiger partial charge >= 0.3 is 0 Å². The van der Waals surface area contributed by atoms with Crippen LogP contribution < -0.4 is 4.74 Å². The van der Waals surface area contributed by atoms with Crippen LogP contribution in [0.1, 0.15) is 49.7 Å². The van der Waals surface area contributed by atoms with Crippen molar-refractivity contribution in [2.75, 3.05) is 13.1 Å². The molecular formula is C24H29NO. The third kappa shape index (κ3) is 2.95. The van der Waals surface area contributed by atoms with E-state index in [0.717, 1.165) is 18.2 Å². The van der Waals surface area contributed by atoms with Crippen molar-refractivity contribution in [1.82, 2.24) is 4.90 Å². The molecule has 1 atom stereocenters. The van der Waals surface area contributed by atoms with Crippen LogP contribution in [-0.4, -0.2) is 29.6 Å². The van der Waals surface area contributed by atoms with Crippen LogP contribution >= 0.6 is 0 Å². The van der Waals surface area contributed by atoms with Crippen LogP contribution in [0.15, 0.2) is 42.5 Å². The molecule has 1 saturated heterocycles. The van der Waals surface area contributed by atoms with Gasteiger partial charge in [0.05, 0.1) is 0 Å². The Hall–Kier alpha value is -1.80. The minimum absolute atomic E-state index is 0.0483. The maximum absolute atomic E-state index is 6.58. The number of rotatable bonds is 2. The van der Waals surface area contributed by atoms with Crippen molar-refractivity contribution in [3.63, 3.8) is 0 Å². The number of hydrogen-bond donors (Lipinski definition) is 0. The van der Waals surface area contributed by atoms with E-state index in [0.29, 0.717) is 0 Å². The van der Waals surface area contributed by atoms with E-state index in [-0.39, 0.29) is 5.60 Å². The van der Waals surface area contributed by atoms with Crippen LogP contribution in [0.3, 0.4) is 0 Å². The maximum Gasteiger partial charge on any atom is 0.123 e. The van der Waals surface area contributed by atoms with Gasteiger partial charge in [0.2, 0.25) is 0 Å². The smallest absolute Gasteiger partial charge is 0.123 e. The molecule has 2 fully saturated rings. The summed E-state index contributed by atoms with van der Waals surface area (Å²) in [5, 5.41) is 0. The van der Waals surface area contributed by atoms with Crippen LogP contribution in [-0.2, 0) is 6.42 Å². The average molecular weight is 348 g/mol. The number of ether oxygens (including phenoxy) is 1. The number of aryl methyl sites for hydroxylation is 1. The highest BCUT2D eigenvalue weighted by atomic mass is 16.5. The van der Waals surface area contributed by atoms with E-state index < -0.39 is 0 Å². The van der Waals surface area contributed by atoms with E-state index in [9.17, 15) is 0 Å². The Bertz CT molecular complexity index is 792. The second-order valence-corrected chi connectivity index (χ2v) is 8.62. The summed E-state index contributed by atoms with van der Waals surface area (Å²) in [5.41, 5.74) is 5.38. The molecule has 0 aromatic heterocycles. The molecule has 2 aromatic carbocycles. The first-order chi connectivity index (χ1) is 12.7. The highest BCUT2D eigenvalue weighted by Gasteiger charge is 2.41. The van der Waals surface area contributed by atoms with Gasteiger partial charge in [-0.2, -0.15) is 0 Å². The Morgan fingerprint density at radius 2 is 1.73 bits per heavy atom. The van der Waals surface area contributed by atoms with E-state index >= 15 is 0 Å². The van der Waals surface area contributed by atoms with E-state index in [1.165, 1.54) is 73.9 Å². The van der Waals surface area contributed by atoms with Crippen molar-refractivity contribution in [2.24, 2.45) is 0 Å². The highest BCUT2D eigenvalue weighted by Crippen LogP contribution is 2.43. The number of nitrogens with zero attached hydrogens (tertiary/aromatic N) is 1. The fraction of sp³-hybridized carbons (Fsp3) is 0.500. The topological polar surface area (TPSA) is 12.5 Å². The van der Waals surface area contributed by atoms with Gasteiger partial charge in [-0.3, -0.25) is 0 Å². The first kappa shape index (κ1) is 16.4. The molecule has 1 aliphatic carbocycles. The predicted octanol–water partition coefficient (Wildman–Crippen LogP) is 5.37. The minimum Gasteiger partial charge on any atom is -0.487 e. The van der Waals surface area contributed by atoms with Gasteiger partial charge < -0.3 is 9.64 Å². The molecule has 2 heteroatoms. The molecule has 1 saturated carbocycles. The van der Waals surface area contributed by atoms with Crippen molar-refractivity contribution in [1.29, 1.82) is 0 Å². The summed E-state index contributed by atoms with van der Waals surface area (Å²) in [5.74, 6) is 1.12. The summed E-state index contributed by atoms with van der Waals surface area (Å²) >= 11 is 0. The van der Waals surface area contributed by atoms with Crippen LogP contribution in [0.5, 0.6) is 5.75 Å². The van der Waals surface area contributed by atoms with Crippen LogP contribution in [0, 0.1) is 6.92 Å². The largest absolute Gasteiger partial charge is 0.487 e. The molecule has 136 valence electrons. The van der Waals surface area contributed by atoms with Crippen molar-refractivity contribution < 1.29 is 4.74 Å². The van der Waals surface area contributed by atoms with Gasteiger partial charge in [0, 0.05) is 25.4 Å². The standard InChI is InChI=1S/C24H29NO/c1-18-6-8-19(9-7-18)20-10-11-23-21(16-20)17-24(26-23)12-3-14-25(15-13-24)22-4-2-5-22/h6-11,16,22H,2-5,12-15,17H2,1H3. The molecule has 0 bridgehead atoms. The number of fused-ring (bicyclic) bond motifs is 1. The molecule has 2 aromatic rings. The Morgan fingerprint density at radius 3 is 2.50 bits per heavy atom. The van der Waals surface area contributed by atoms with Crippen molar-refractivity contribution in [2.45, 2.75) is 63.5 Å². The van der Waals surface area contributed by atoms with Crippen molar-refractivity contribution in [3.8, 4) is 16.9 Å². The lowest BCUT2D eigenvalue weighted by Crippen LogP contribution is -2.42. The van der Waals surface area contributed by atoms with Gasteiger partial charge in [0.15, 0.2) is 0 Å². The highest BCUT2D eigenvalue weighted by molar-refractivity contribution is 5.66. The molecular weight excluding hydrogens is 318 g/mol. The second-order valence-electron chi connectivity index (χ2n) is 8.62. The second kappa shape index (κ2) is 6.42. The monoisotopic (exact) mass is 347 g/mol. The molecule has 5 rings (SSSR count). The summed E-state index contributed by atoms with van der Waals surface area (Å²) in [7, 11) is 0. The Kier molecular flexibility index (Phi) is 4.04. The lowest BCUT2D eigenvalue weighted by atomic mass is 9.88. The Balaban J connectivity index is 1.34. The average Bonchev–Trinajstić information content (AvgIpc) is 2.84. The van der Waals surface area contributed by atoms with Crippen molar-refractivity contribution in [3.05, 3.63) is 53.6 Å². The number of benzene rings is 2. The van der Waals surface area contributed by atoms with E-state index in [4.69, 9.17) is 4.74 Å². The van der Waals surface area contributed by atoms with Gasteiger partial charge in [0.25, 0.3) is 0 Å². The lowest BCUT2D eigenvalue weighted by molar-refractivity contribution is 0.0694. The van der Waals surface area contributed by atoms with Crippen LogP contribution in [0.4, 0.5) is 0 Å². The van der Waals surface area contributed by atoms with E-state index in [2.05, 4.69) is 54.3 Å². The van der Waals surface area contributed by atoms with Crippen LogP contribution in [0.2, 0.25) is 0 Å². The molecule has 2 nitrogen and oxygen atoms in total. The zero-order valence-corrected chi connectivity index (χ0v) is 15.8. The minimum atomic E-state index is 0.0483. The van der Waals surface area contributed by atoms with Gasteiger partial charge in [-0.05, 0) is 68.0 Å². The zero-order chi connectivity index (χ0) is 17.6. The van der Waals surface area contributed by atoms with E-state index in [1.807, 2.05) is 0 Å². The maximum atomic E-state index is 6.58. The number of likely N-dealkylation sites (tertiary alicyclic amines) is 1.